The van der Waals surface area contributed by atoms with Crippen molar-refractivity contribution in [2.24, 2.45) is 5.92 Å². The Bertz CT molecular complexity index is 1580. The number of carbonyl (C=O) groups excluding carboxylic acids is 3. The molecule has 9 nitrogen and oxygen atoms in total. The molecule has 3 amide bonds. The minimum absolute atomic E-state index is 0.00723. The number of para-hydroxylation sites is 1. The molecule has 0 radical (unpaired) electrons. The smallest absolute Gasteiger partial charge is 0.264 e. The Morgan fingerprint density at radius 3 is 2.31 bits per heavy atom. The maximum Gasteiger partial charge on any atom is 0.264 e. The van der Waals surface area contributed by atoms with Crippen molar-refractivity contribution in [1.82, 2.24) is 4.90 Å². The third kappa shape index (κ3) is 5.61. The van der Waals surface area contributed by atoms with E-state index in [1.165, 1.54) is 0 Å². The molecule has 0 unspecified atom stereocenters. The monoisotopic (exact) mass is 627 g/mol. The van der Waals surface area contributed by atoms with Crippen LogP contribution in [-0.4, -0.2) is 66.6 Å². The van der Waals surface area contributed by atoms with Gasteiger partial charge in [0.25, 0.3) is 5.91 Å². The molecule has 3 aromatic carbocycles. The molecule has 2 N–H and O–H groups in total. The second-order valence-electron chi connectivity index (χ2n) is 13.0. The summed E-state index contributed by atoms with van der Waals surface area (Å²) < 4.78 is 6.83. The van der Waals surface area contributed by atoms with Gasteiger partial charge in [-0.2, -0.15) is 0 Å². The molecule has 0 saturated carbocycles. The maximum absolute atomic E-state index is 14.6. The van der Waals surface area contributed by atoms with E-state index in [-0.39, 0.29) is 48.8 Å². The Kier molecular flexibility index (Phi) is 8.42. The fourth-order valence-corrected chi connectivity index (χ4v) is 10.0. The van der Waals surface area contributed by atoms with E-state index in [4.69, 9.17) is 4.74 Å². The number of fused-ring (bicyclic) bond motifs is 2. The van der Waals surface area contributed by atoms with Gasteiger partial charge < -0.3 is 29.3 Å². The minimum Gasteiger partial charge on any atom is -0.432 e. The number of aliphatic hydroxyl groups excluding tert-OH is 1. The summed E-state index contributed by atoms with van der Waals surface area (Å²) >= 11 is 0. The van der Waals surface area contributed by atoms with Crippen molar-refractivity contribution in [3.05, 3.63) is 95.6 Å². The van der Waals surface area contributed by atoms with E-state index in [0.29, 0.717) is 26.1 Å². The molecule has 0 bridgehead atoms. The average Bonchev–Trinajstić information content (AvgIpc) is 3.44. The Morgan fingerprint density at radius 2 is 1.69 bits per heavy atom. The van der Waals surface area contributed by atoms with Crippen molar-refractivity contribution in [2.75, 3.05) is 29.5 Å². The molecule has 3 aliphatic rings. The van der Waals surface area contributed by atoms with E-state index < -0.39 is 20.0 Å². The van der Waals surface area contributed by atoms with Gasteiger partial charge in [-0.15, -0.1) is 0 Å². The molecule has 3 aliphatic heterocycles. The molecule has 6 rings (SSSR count). The third-order valence-electron chi connectivity index (χ3n) is 9.65. The summed E-state index contributed by atoms with van der Waals surface area (Å²) in [6.07, 6.45) is -0.122. The van der Waals surface area contributed by atoms with Crippen molar-refractivity contribution >= 4 is 37.4 Å². The van der Waals surface area contributed by atoms with E-state index >= 15 is 0 Å². The van der Waals surface area contributed by atoms with Crippen LogP contribution in [0.3, 0.4) is 0 Å². The quantitative estimate of drug-likeness (QED) is 0.258. The topological polar surface area (TPSA) is 111 Å². The number of ether oxygens (including phenoxy) is 1. The normalized spacial score (nSPS) is 24.2. The molecule has 236 valence electrons. The van der Waals surface area contributed by atoms with Crippen LogP contribution in [0.2, 0.25) is 18.6 Å². The zero-order chi connectivity index (χ0) is 31.9. The molecular weight excluding hydrogens is 586 g/mol. The number of benzene rings is 3. The SMILES string of the molecule is C[C@@H]1[C@@H]([Si](C)(C)O)[C@H](CC(=O)N(CCO)Cc2ccccc2)O[C@@]12C(=O)N(Cc1ccc(N3CCC3=O)cc1)c1ccccc12. The average molecular weight is 628 g/mol. The minimum atomic E-state index is -2.95. The molecule has 2 saturated heterocycles. The Balaban J connectivity index is 1.29. The fraction of sp³-hybridized carbons (Fsp3) is 0.400. The molecule has 1 spiro atoms. The fourth-order valence-electron chi connectivity index (χ4n) is 7.46. The van der Waals surface area contributed by atoms with Gasteiger partial charge in [0.2, 0.25) is 11.8 Å². The second-order valence-corrected chi connectivity index (χ2v) is 16.9. The zero-order valence-corrected chi connectivity index (χ0v) is 27.1. The number of hydrogen-bond acceptors (Lipinski definition) is 6. The van der Waals surface area contributed by atoms with Crippen molar-refractivity contribution in [1.29, 1.82) is 0 Å². The second kappa shape index (κ2) is 12.2. The molecule has 4 atom stereocenters. The first-order valence-electron chi connectivity index (χ1n) is 15.7. The van der Waals surface area contributed by atoms with Crippen molar-refractivity contribution in [3.8, 4) is 0 Å². The molecular formula is C35H41N3O6Si. The van der Waals surface area contributed by atoms with Gasteiger partial charge in [-0.3, -0.25) is 14.4 Å². The van der Waals surface area contributed by atoms with Gasteiger partial charge in [-0.05, 0) is 42.4 Å². The van der Waals surface area contributed by atoms with Crippen LogP contribution in [0.1, 0.15) is 36.5 Å². The molecule has 3 aromatic rings. The first-order chi connectivity index (χ1) is 21.5. The van der Waals surface area contributed by atoms with E-state index in [2.05, 4.69) is 0 Å². The summed E-state index contributed by atoms with van der Waals surface area (Å²) in [5, 5.41) is 9.75. The lowest BCUT2D eigenvalue weighted by Crippen LogP contribution is -2.46. The van der Waals surface area contributed by atoms with Crippen LogP contribution in [0.5, 0.6) is 0 Å². The van der Waals surface area contributed by atoms with E-state index in [9.17, 15) is 24.3 Å². The summed E-state index contributed by atoms with van der Waals surface area (Å²) in [6, 6.07) is 25.0. The van der Waals surface area contributed by atoms with Crippen molar-refractivity contribution in [3.63, 3.8) is 0 Å². The Morgan fingerprint density at radius 1 is 1.00 bits per heavy atom. The Hall–Kier alpha value is -3.83. The first-order valence-corrected chi connectivity index (χ1v) is 18.7. The van der Waals surface area contributed by atoms with Crippen LogP contribution in [-0.2, 0) is 37.8 Å². The van der Waals surface area contributed by atoms with Gasteiger partial charge in [0.05, 0.1) is 31.4 Å². The number of anilines is 2. The number of β-lactam (4-membered cyclic amide) rings is 1. The summed E-state index contributed by atoms with van der Waals surface area (Å²) in [7, 11) is -2.95. The number of rotatable bonds is 10. The van der Waals surface area contributed by atoms with Crippen LogP contribution in [0.4, 0.5) is 11.4 Å². The van der Waals surface area contributed by atoms with Crippen LogP contribution in [0.25, 0.3) is 0 Å². The predicted octanol–water partition coefficient (Wildman–Crippen LogP) is 4.18. The van der Waals surface area contributed by atoms with Gasteiger partial charge in [-0.25, -0.2) is 0 Å². The van der Waals surface area contributed by atoms with Crippen molar-refractivity contribution in [2.45, 2.75) is 63.2 Å². The molecule has 0 aliphatic carbocycles. The van der Waals surface area contributed by atoms with Gasteiger partial charge in [0.15, 0.2) is 13.9 Å². The van der Waals surface area contributed by atoms with E-state index in [0.717, 1.165) is 28.1 Å². The highest BCUT2D eigenvalue weighted by Gasteiger charge is 2.66. The number of aliphatic hydroxyl groups is 1. The zero-order valence-electron chi connectivity index (χ0n) is 26.1. The van der Waals surface area contributed by atoms with E-state index in [1.54, 1.807) is 14.7 Å². The highest BCUT2D eigenvalue weighted by atomic mass is 28.4. The molecule has 10 heteroatoms. The van der Waals surface area contributed by atoms with Crippen LogP contribution in [0.15, 0.2) is 78.9 Å². The maximum atomic E-state index is 14.6. The standard InChI is InChI=1S/C35H41N3O6Si/c1-24-33(45(2,3)43)30(21-32(41)36(19-20-39)22-25-9-5-4-6-10-25)44-35(24)28-11-7-8-12-29(28)38(34(35)42)23-26-13-15-27(16-14-26)37-18-17-31(37)40/h4-16,24,30,33,39,43H,17-23H2,1-3H3/t24-,30+,33-,35+/m1/s1. The molecule has 2 fully saturated rings. The van der Waals surface area contributed by atoms with Gasteiger partial charge >= 0.3 is 0 Å². The summed E-state index contributed by atoms with van der Waals surface area (Å²) in [4.78, 5) is 57.0. The number of amides is 3. The number of nitrogens with zero attached hydrogens (tertiary/aromatic N) is 3. The lowest BCUT2D eigenvalue weighted by Gasteiger charge is -2.32. The predicted molar refractivity (Wildman–Crippen MR) is 174 cm³/mol. The number of carbonyl (C=O) groups is 3. The van der Waals surface area contributed by atoms with Crippen LogP contribution >= 0.6 is 0 Å². The van der Waals surface area contributed by atoms with Gasteiger partial charge in [0, 0.05) is 48.8 Å². The first kappa shape index (κ1) is 31.2. The highest BCUT2D eigenvalue weighted by Crippen LogP contribution is 2.59. The summed E-state index contributed by atoms with van der Waals surface area (Å²) in [6.45, 7) is 7.03. The van der Waals surface area contributed by atoms with Gasteiger partial charge in [0.1, 0.15) is 0 Å². The third-order valence-corrected chi connectivity index (χ3v) is 12.1. The van der Waals surface area contributed by atoms with Crippen molar-refractivity contribution < 1.29 is 29.0 Å². The summed E-state index contributed by atoms with van der Waals surface area (Å²) in [5.74, 6) is -0.672. The van der Waals surface area contributed by atoms with E-state index in [1.807, 2.05) is 98.9 Å². The summed E-state index contributed by atoms with van der Waals surface area (Å²) in [5.41, 5.74) is 2.48. The molecule has 45 heavy (non-hydrogen) atoms. The molecule has 3 heterocycles. The molecule has 0 aromatic heterocycles. The van der Waals surface area contributed by atoms with Gasteiger partial charge in [-0.1, -0.05) is 67.6 Å². The Labute approximate surface area is 265 Å². The van der Waals surface area contributed by atoms with Crippen LogP contribution < -0.4 is 9.80 Å². The lowest BCUT2D eigenvalue weighted by molar-refractivity contribution is -0.150. The number of hydrogen-bond donors (Lipinski definition) is 2. The lowest BCUT2D eigenvalue weighted by atomic mass is 9.82. The largest absolute Gasteiger partial charge is 0.432 e. The van der Waals surface area contributed by atoms with Crippen LogP contribution in [0, 0.1) is 5.92 Å². The highest BCUT2D eigenvalue weighted by molar-refractivity contribution is 6.71.